The normalized spacial score (nSPS) is 22.4. The van der Waals surface area contributed by atoms with Gasteiger partial charge in [-0.15, -0.1) is 0 Å². The molecule has 1 N–H and O–H groups in total. The number of rotatable bonds is 5. The molecule has 0 aliphatic carbocycles. The lowest BCUT2D eigenvalue weighted by Gasteiger charge is -2.46. The number of anilines is 1. The van der Waals surface area contributed by atoms with Crippen molar-refractivity contribution in [2.45, 2.75) is 53.2 Å². The van der Waals surface area contributed by atoms with E-state index in [-0.39, 0.29) is 34.1 Å². The Balaban J connectivity index is 2.50. The summed E-state index contributed by atoms with van der Waals surface area (Å²) >= 11 is 0. The van der Waals surface area contributed by atoms with Crippen LogP contribution in [0.4, 0.5) is 5.69 Å². The first-order chi connectivity index (χ1) is 13.5. The molecule has 1 aliphatic heterocycles. The predicted octanol–water partition coefficient (Wildman–Crippen LogP) is 5.04. The molecule has 1 aliphatic rings. The predicted molar refractivity (Wildman–Crippen MR) is 126 cm³/mol. The van der Waals surface area contributed by atoms with Gasteiger partial charge in [-0.25, -0.2) is 14.8 Å². The van der Waals surface area contributed by atoms with E-state index in [4.69, 9.17) is 5.11 Å². The molecule has 3 atom stereocenters. The van der Waals surface area contributed by atoms with E-state index in [0.29, 0.717) is 17.4 Å². The van der Waals surface area contributed by atoms with Gasteiger partial charge in [0, 0.05) is 0 Å². The Kier molecular flexibility index (Phi) is 6.54. The van der Waals surface area contributed by atoms with Crippen molar-refractivity contribution in [3.63, 3.8) is 0 Å². The fourth-order valence-corrected chi connectivity index (χ4v) is 7.79. The highest BCUT2D eigenvalue weighted by Gasteiger charge is 2.54. The number of nitrogens with zero attached hydrogens (tertiary/aromatic N) is 1. The van der Waals surface area contributed by atoms with Crippen LogP contribution in [0.1, 0.15) is 58.3 Å². The molecule has 0 saturated carbocycles. The largest absolute Gasteiger partial charge is 0.478 e. The summed E-state index contributed by atoms with van der Waals surface area (Å²) in [6.07, 6.45) is 7.51. The summed E-state index contributed by atoms with van der Waals surface area (Å²) in [4.78, 5) is 39.5. The maximum Gasteiger partial charge on any atom is 0.335 e. The number of aromatic carboxylic acids is 1. The van der Waals surface area contributed by atoms with Gasteiger partial charge in [0.15, 0.2) is 0 Å². The summed E-state index contributed by atoms with van der Waals surface area (Å²) in [5.41, 5.74) is 0.242. The van der Waals surface area contributed by atoms with Gasteiger partial charge in [0.05, 0.1) is 23.1 Å². The van der Waals surface area contributed by atoms with E-state index in [2.05, 4.69) is 39.5 Å². The first-order valence-corrected chi connectivity index (χ1v) is 13.3. The van der Waals surface area contributed by atoms with E-state index in [0.717, 1.165) is 0 Å². The monoisotopic (exact) mass is 435 g/mol. The Hall–Kier alpha value is -1.82. The minimum atomic E-state index is -1.03. The number of amides is 2. The zero-order valence-electron chi connectivity index (χ0n) is 19.8. The van der Waals surface area contributed by atoms with Crippen LogP contribution in [0.15, 0.2) is 24.3 Å². The molecular weight excluding hydrogens is 398 g/mol. The molecule has 2 amide bonds. The van der Waals surface area contributed by atoms with E-state index in [1.54, 1.807) is 12.1 Å². The van der Waals surface area contributed by atoms with Gasteiger partial charge in [-0.2, -0.15) is 0 Å². The lowest BCUT2D eigenvalue weighted by atomic mass is 9.71. The molecule has 1 aromatic rings. The molecule has 1 saturated heterocycles. The van der Waals surface area contributed by atoms with Crippen LogP contribution >= 0.6 is 10.0 Å². The second kappa shape index (κ2) is 8.03. The summed E-state index contributed by atoms with van der Waals surface area (Å²) < 4.78 is 0. The Bertz CT molecular complexity index is 811. The minimum absolute atomic E-state index is 0.0237. The Labute approximate surface area is 182 Å². The van der Waals surface area contributed by atoms with Gasteiger partial charge in [-0.05, 0) is 65.5 Å². The van der Waals surface area contributed by atoms with Gasteiger partial charge >= 0.3 is 5.97 Å². The fraction of sp³-hybridized carbons (Fsp3) is 0.625. The standard InChI is InChI=1S/C24H37NO4S/c1-23(2,3)18(30(7,8)9)14-17-19(24(4,5)6)21(27)25(20(17)26)16-12-10-15(11-13-16)22(28)29/h10-13,17-19H,14H2,1-9H3,(H,28,29). The van der Waals surface area contributed by atoms with Crippen molar-refractivity contribution in [1.29, 1.82) is 0 Å². The number of carboxylic acid groups (broad SMARTS) is 1. The maximum atomic E-state index is 13.6. The van der Waals surface area contributed by atoms with Crippen molar-refractivity contribution < 1.29 is 19.5 Å². The summed E-state index contributed by atoms with van der Waals surface area (Å²) in [7, 11) is -0.964. The molecule has 0 spiro atoms. The lowest BCUT2D eigenvalue weighted by Crippen LogP contribution is -2.38. The van der Waals surface area contributed by atoms with E-state index in [1.807, 2.05) is 20.8 Å². The third-order valence-electron chi connectivity index (χ3n) is 6.02. The SMILES string of the molecule is CC(C)(C)C1C(=O)N(c2ccc(C(=O)O)cc2)C(=O)C1CC(C(C)(C)C)S(C)(C)C. The van der Waals surface area contributed by atoms with Crippen LogP contribution in [0, 0.1) is 22.7 Å². The summed E-state index contributed by atoms with van der Waals surface area (Å²) in [6.45, 7) is 12.7. The highest BCUT2D eigenvalue weighted by molar-refractivity contribution is 8.32. The number of hydrogen-bond acceptors (Lipinski definition) is 3. The lowest BCUT2D eigenvalue weighted by molar-refractivity contribution is -0.124. The van der Waals surface area contributed by atoms with E-state index >= 15 is 0 Å². The first kappa shape index (κ1) is 24.4. The van der Waals surface area contributed by atoms with Crippen LogP contribution in [0.5, 0.6) is 0 Å². The zero-order chi connectivity index (χ0) is 23.2. The van der Waals surface area contributed by atoms with E-state index in [1.165, 1.54) is 17.0 Å². The number of carbonyl (C=O) groups excluding carboxylic acids is 2. The zero-order valence-corrected chi connectivity index (χ0v) is 20.6. The van der Waals surface area contributed by atoms with Gasteiger partial charge in [0.25, 0.3) is 0 Å². The van der Waals surface area contributed by atoms with Crippen molar-refractivity contribution in [3.8, 4) is 0 Å². The van der Waals surface area contributed by atoms with Crippen LogP contribution < -0.4 is 4.90 Å². The van der Waals surface area contributed by atoms with Crippen molar-refractivity contribution in [3.05, 3.63) is 29.8 Å². The second-order valence-electron chi connectivity index (χ2n) is 11.3. The summed E-state index contributed by atoms with van der Waals surface area (Å²) in [5, 5.41) is 9.47. The van der Waals surface area contributed by atoms with E-state index < -0.39 is 21.9 Å². The smallest absolute Gasteiger partial charge is 0.335 e. The van der Waals surface area contributed by atoms with Crippen LogP contribution in [-0.2, 0) is 9.59 Å². The highest BCUT2D eigenvalue weighted by Crippen LogP contribution is 2.54. The average Bonchev–Trinajstić information content (AvgIpc) is 2.80. The molecule has 1 heterocycles. The second-order valence-corrected chi connectivity index (χ2v) is 15.8. The third kappa shape index (κ3) is 4.90. The number of benzene rings is 1. The fourth-order valence-electron chi connectivity index (χ4n) is 4.88. The number of carboxylic acids is 1. The summed E-state index contributed by atoms with van der Waals surface area (Å²) in [5.74, 6) is -2.17. The molecule has 6 heteroatoms. The van der Waals surface area contributed by atoms with Crippen LogP contribution in [0.25, 0.3) is 0 Å². The Morgan fingerprint density at radius 1 is 1.00 bits per heavy atom. The number of imide groups is 1. The molecule has 0 aromatic heterocycles. The number of hydrogen-bond donors (Lipinski definition) is 1. The maximum absolute atomic E-state index is 13.6. The molecule has 30 heavy (non-hydrogen) atoms. The van der Waals surface area contributed by atoms with Gasteiger partial charge < -0.3 is 5.11 Å². The van der Waals surface area contributed by atoms with Gasteiger partial charge in [-0.1, -0.05) is 41.5 Å². The molecule has 0 bridgehead atoms. The van der Waals surface area contributed by atoms with Crippen LogP contribution in [0.3, 0.4) is 0 Å². The van der Waals surface area contributed by atoms with Gasteiger partial charge in [-0.3, -0.25) is 14.5 Å². The van der Waals surface area contributed by atoms with Crippen molar-refractivity contribution in [2.24, 2.45) is 22.7 Å². The van der Waals surface area contributed by atoms with Crippen LogP contribution in [-0.4, -0.2) is 46.9 Å². The molecule has 5 nitrogen and oxygen atoms in total. The third-order valence-corrected chi connectivity index (χ3v) is 8.63. The minimum Gasteiger partial charge on any atom is -0.478 e. The highest BCUT2D eigenvalue weighted by atomic mass is 32.3. The Morgan fingerprint density at radius 2 is 1.50 bits per heavy atom. The quantitative estimate of drug-likeness (QED) is 0.658. The first-order valence-electron chi connectivity index (χ1n) is 10.3. The van der Waals surface area contributed by atoms with Crippen molar-refractivity contribution >= 4 is 33.5 Å². The van der Waals surface area contributed by atoms with Crippen LogP contribution in [0.2, 0.25) is 0 Å². The molecular formula is C24H37NO4S. The number of carbonyl (C=O) groups is 3. The van der Waals surface area contributed by atoms with Gasteiger partial charge in [0.1, 0.15) is 0 Å². The molecule has 1 aromatic carbocycles. The van der Waals surface area contributed by atoms with Gasteiger partial charge in [0.2, 0.25) is 11.8 Å². The molecule has 0 radical (unpaired) electrons. The molecule has 168 valence electrons. The molecule has 2 rings (SSSR count). The summed E-state index contributed by atoms with van der Waals surface area (Å²) in [6, 6.07) is 5.99. The average molecular weight is 436 g/mol. The Morgan fingerprint density at radius 3 is 1.87 bits per heavy atom. The molecule has 3 unspecified atom stereocenters. The molecule has 1 fully saturated rings. The van der Waals surface area contributed by atoms with E-state index in [9.17, 15) is 14.4 Å². The van der Waals surface area contributed by atoms with Crippen molar-refractivity contribution in [1.82, 2.24) is 0 Å². The topological polar surface area (TPSA) is 74.7 Å². The van der Waals surface area contributed by atoms with Crippen molar-refractivity contribution in [2.75, 3.05) is 23.7 Å².